The van der Waals surface area contributed by atoms with Gasteiger partial charge in [0.1, 0.15) is 10.7 Å². The summed E-state index contributed by atoms with van der Waals surface area (Å²) in [5, 5.41) is 5.16. The molecule has 0 fully saturated rings. The van der Waals surface area contributed by atoms with Gasteiger partial charge in [0.15, 0.2) is 0 Å². The van der Waals surface area contributed by atoms with Crippen LogP contribution in [0.3, 0.4) is 0 Å². The number of halogens is 1. The summed E-state index contributed by atoms with van der Waals surface area (Å²) in [4.78, 5) is 1.30. The minimum Gasteiger partial charge on any atom is -0.431 e. The molecule has 7 heteroatoms. The minimum absolute atomic E-state index is 0.00866. The predicted octanol–water partition coefficient (Wildman–Crippen LogP) is 2.41. The molecule has 0 saturated carbocycles. The summed E-state index contributed by atoms with van der Waals surface area (Å²) in [6, 6.07) is 1.76. The highest BCUT2D eigenvalue weighted by atomic mass is 32.2. The molecule has 0 atom stereocenters. The topological polar surface area (TPSA) is 73.3 Å². The summed E-state index contributed by atoms with van der Waals surface area (Å²) in [7, 11) is -3.85. The molecule has 92 valence electrons. The number of rotatable bonds is 2. The molecule has 0 radical (unpaired) electrons. The maximum absolute atomic E-state index is 12.8. The van der Waals surface area contributed by atoms with Crippen molar-refractivity contribution in [2.24, 2.45) is 5.14 Å². The number of nitrogens with two attached hydrogens (primary N) is 1. The van der Waals surface area contributed by atoms with Gasteiger partial charge in [-0.1, -0.05) is 0 Å². The summed E-state index contributed by atoms with van der Waals surface area (Å²) in [5.74, 6) is 0.174. The molecular formula is C10H10FNO3S2. The summed E-state index contributed by atoms with van der Waals surface area (Å²) in [5.41, 5.74) is 0.346. The van der Waals surface area contributed by atoms with E-state index >= 15 is 0 Å². The van der Waals surface area contributed by atoms with Crippen LogP contribution in [-0.2, 0) is 10.0 Å². The van der Waals surface area contributed by atoms with Crippen LogP contribution in [0.25, 0.3) is 11.3 Å². The Labute approximate surface area is 102 Å². The highest BCUT2D eigenvalue weighted by Crippen LogP contribution is 2.38. The molecular weight excluding hydrogens is 265 g/mol. The predicted molar refractivity (Wildman–Crippen MR) is 62.8 cm³/mol. The van der Waals surface area contributed by atoms with Crippen LogP contribution in [0.4, 0.5) is 4.39 Å². The van der Waals surface area contributed by atoms with Crippen molar-refractivity contribution in [1.29, 1.82) is 0 Å². The first-order valence-corrected chi connectivity index (χ1v) is 7.05. The molecule has 2 rings (SSSR count). The SMILES string of the molecule is Cc1sc(C)c(S(N)(=O)=O)c1-c1ccc(F)o1. The van der Waals surface area contributed by atoms with Crippen molar-refractivity contribution >= 4 is 21.4 Å². The third-order valence-electron chi connectivity index (χ3n) is 2.31. The lowest BCUT2D eigenvalue weighted by Gasteiger charge is -2.01. The molecule has 0 spiro atoms. The summed E-state index contributed by atoms with van der Waals surface area (Å²) in [6.45, 7) is 3.39. The van der Waals surface area contributed by atoms with E-state index in [1.807, 2.05) is 0 Å². The van der Waals surface area contributed by atoms with E-state index in [1.54, 1.807) is 13.8 Å². The molecule has 17 heavy (non-hydrogen) atoms. The van der Waals surface area contributed by atoms with Gasteiger partial charge in [0.25, 0.3) is 6.01 Å². The van der Waals surface area contributed by atoms with Crippen LogP contribution in [0.2, 0.25) is 0 Å². The maximum Gasteiger partial charge on any atom is 0.278 e. The first kappa shape index (κ1) is 12.3. The average Bonchev–Trinajstić information content (AvgIpc) is 2.68. The van der Waals surface area contributed by atoms with E-state index in [4.69, 9.17) is 9.56 Å². The van der Waals surface area contributed by atoms with Gasteiger partial charge in [0, 0.05) is 15.8 Å². The van der Waals surface area contributed by atoms with E-state index in [0.29, 0.717) is 10.4 Å². The second-order valence-corrected chi connectivity index (χ2v) is 6.49. The number of sulfonamides is 1. The average molecular weight is 275 g/mol. The van der Waals surface area contributed by atoms with Crippen molar-refractivity contribution in [3.63, 3.8) is 0 Å². The number of hydrogen-bond acceptors (Lipinski definition) is 4. The van der Waals surface area contributed by atoms with Gasteiger partial charge < -0.3 is 4.42 Å². The van der Waals surface area contributed by atoms with Crippen molar-refractivity contribution in [3.8, 4) is 11.3 Å². The third-order valence-corrected chi connectivity index (χ3v) is 4.54. The molecule has 2 heterocycles. The van der Waals surface area contributed by atoms with Gasteiger partial charge in [-0.15, -0.1) is 11.3 Å². The van der Waals surface area contributed by atoms with Crippen molar-refractivity contribution < 1.29 is 17.2 Å². The van der Waals surface area contributed by atoms with Crippen LogP contribution >= 0.6 is 11.3 Å². The largest absolute Gasteiger partial charge is 0.431 e. The second kappa shape index (κ2) is 3.94. The van der Waals surface area contributed by atoms with E-state index in [1.165, 1.54) is 17.4 Å². The fourth-order valence-electron chi connectivity index (χ4n) is 1.74. The van der Waals surface area contributed by atoms with Crippen LogP contribution in [-0.4, -0.2) is 8.42 Å². The Morgan fingerprint density at radius 2 is 1.94 bits per heavy atom. The van der Waals surface area contributed by atoms with Crippen LogP contribution in [0, 0.1) is 19.9 Å². The molecule has 0 saturated heterocycles. The monoisotopic (exact) mass is 275 g/mol. The third kappa shape index (κ3) is 2.13. The second-order valence-electron chi connectivity index (χ2n) is 3.57. The lowest BCUT2D eigenvalue weighted by atomic mass is 10.2. The zero-order valence-corrected chi connectivity index (χ0v) is 10.8. The fraction of sp³-hybridized carbons (Fsp3) is 0.200. The number of furan rings is 1. The quantitative estimate of drug-likeness (QED) is 0.914. The van der Waals surface area contributed by atoms with E-state index in [9.17, 15) is 12.8 Å². The van der Waals surface area contributed by atoms with Crippen molar-refractivity contribution in [1.82, 2.24) is 0 Å². The number of thiophene rings is 1. The van der Waals surface area contributed by atoms with Gasteiger partial charge in [-0.05, 0) is 19.9 Å². The Morgan fingerprint density at radius 1 is 1.29 bits per heavy atom. The van der Waals surface area contributed by atoms with Gasteiger partial charge in [-0.2, -0.15) is 4.39 Å². The minimum atomic E-state index is -3.85. The van der Waals surface area contributed by atoms with Gasteiger partial charge in [-0.25, -0.2) is 13.6 Å². The molecule has 2 aromatic heterocycles. The lowest BCUT2D eigenvalue weighted by Crippen LogP contribution is -2.13. The molecule has 0 aliphatic rings. The Kier molecular flexibility index (Phi) is 2.84. The highest BCUT2D eigenvalue weighted by Gasteiger charge is 2.25. The summed E-state index contributed by atoms with van der Waals surface area (Å²) >= 11 is 1.29. The fourth-order valence-corrected chi connectivity index (χ4v) is 4.18. The first-order chi connectivity index (χ1) is 7.80. The van der Waals surface area contributed by atoms with Gasteiger partial charge in [0.05, 0.1) is 5.56 Å². The number of primary sulfonamides is 1. The molecule has 0 aliphatic carbocycles. The summed E-state index contributed by atoms with van der Waals surface area (Å²) in [6.07, 6.45) is 0. The Balaban J connectivity index is 2.78. The van der Waals surface area contributed by atoms with Crippen LogP contribution < -0.4 is 5.14 Å². The number of aryl methyl sites for hydroxylation is 2. The first-order valence-electron chi connectivity index (χ1n) is 4.69. The van der Waals surface area contributed by atoms with Crippen LogP contribution in [0.5, 0.6) is 0 Å². The summed E-state index contributed by atoms with van der Waals surface area (Å²) < 4.78 is 40.7. The molecule has 2 N–H and O–H groups in total. The molecule has 0 amide bonds. The highest BCUT2D eigenvalue weighted by molar-refractivity contribution is 7.89. The molecule has 0 bridgehead atoms. The van der Waals surface area contributed by atoms with Crippen molar-refractivity contribution in [2.45, 2.75) is 18.7 Å². The molecule has 4 nitrogen and oxygen atoms in total. The lowest BCUT2D eigenvalue weighted by molar-refractivity contribution is 0.366. The molecule has 2 aromatic rings. The van der Waals surface area contributed by atoms with Gasteiger partial charge in [0.2, 0.25) is 10.0 Å². The molecule has 0 aliphatic heterocycles. The van der Waals surface area contributed by atoms with Crippen molar-refractivity contribution in [2.75, 3.05) is 0 Å². The van der Waals surface area contributed by atoms with Crippen molar-refractivity contribution in [3.05, 3.63) is 27.9 Å². The van der Waals surface area contributed by atoms with Gasteiger partial charge >= 0.3 is 0 Å². The van der Waals surface area contributed by atoms with E-state index in [2.05, 4.69) is 0 Å². The van der Waals surface area contributed by atoms with Crippen LogP contribution in [0.15, 0.2) is 21.4 Å². The Bertz CT molecular complexity index is 670. The smallest absolute Gasteiger partial charge is 0.278 e. The Morgan fingerprint density at radius 3 is 2.41 bits per heavy atom. The molecule has 0 unspecified atom stereocenters. The number of hydrogen-bond donors (Lipinski definition) is 1. The Hall–Kier alpha value is -1.18. The van der Waals surface area contributed by atoms with E-state index in [-0.39, 0.29) is 10.7 Å². The zero-order valence-electron chi connectivity index (χ0n) is 9.15. The van der Waals surface area contributed by atoms with E-state index in [0.717, 1.165) is 10.9 Å². The standard InChI is InChI=1S/C10H10FNO3S2/c1-5-9(7-3-4-8(11)15-7)10(6(2)16-5)17(12,13)14/h3-4H,1-2H3,(H2,12,13,14). The van der Waals surface area contributed by atoms with E-state index < -0.39 is 16.0 Å². The zero-order chi connectivity index (χ0) is 12.8. The normalized spacial score (nSPS) is 12.0. The van der Waals surface area contributed by atoms with Gasteiger partial charge in [-0.3, -0.25) is 0 Å². The maximum atomic E-state index is 12.8. The van der Waals surface area contributed by atoms with Crippen LogP contribution in [0.1, 0.15) is 9.75 Å². The molecule has 0 aromatic carbocycles.